The van der Waals surface area contributed by atoms with Gasteiger partial charge in [0.05, 0.1) is 24.1 Å². The SMILES string of the molecule is CCCOc1ccccc1N1C(=O)[C@@H]2C3c4ccccc4C(c4ccccc43)[C@@H]2C1=O. The lowest BCUT2D eigenvalue weighted by Crippen LogP contribution is -2.41. The topological polar surface area (TPSA) is 46.6 Å². The largest absolute Gasteiger partial charge is 0.491 e. The van der Waals surface area contributed by atoms with Crippen LogP contribution < -0.4 is 9.64 Å². The standard InChI is InChI=1S/C27H23NO3/c1-2-15-31-21-14-8-7-13-20(21)28-26(29)24-22-16-9-3-4-10-17(16)23(25(24)27(28)30)19-12-6-5-11-18(19)22/h3-14,22-25H,2,15H2,1H3/t22?,23?,24-,25+. The number of hydrogen-bond acceptors (Lipinski definition) is 3. The number of hydrogen-bond donors (Lipinski definition) is 0. The number of ether oxygens (including phenoxy) is 1. The minimum absolute atomic E-state index is 0.0902. The van der Waals surface area contributed by atoms with Crippen LogP contribution in [-0.4, -0.2) is 18.4 Å². The Bertz CT molecular complexity index is 1100. The number of anilines is 1. The third-order valence-corrected chi connectivity index (χ3v) is 7.02. The van der Waals surface area contributed by atoms with E-state index in [-0.39, 0.29) is 35.5 Å². The predicted molar refractivity (Wildman–Crippen MR) is 118 cm³/mol. The van der Waals surface area contributed by atoms with Gasteiger partial charge in [-0.3, -0.25) is 9.59 Å². The lowest BCUT2D eigenvalue weighted by Gasteiger charge is -2.45. The van der Waals surface area contributed by atoms with Crippen LogP contribution in [0.2, 0.25) is 0 Å². The Kier molecular flexibility index (Phi) is 4.04. The van der Waals surface area contributed by atoms with Crippen LogP contribution in [0.15, 0.2) is 72.8 Å². The summed E-state index contributed by atoms with van der Waals surface area (Å²) in [4.78, 5) is 29.1. The molecule has 4 heteroatoms. The van der Waals surface area contributed by atoms with Gasteiger partial charge in [-0.25, -0.2) is 4.90 Å². The van der Waals surface area contributed by atoms with Crippen molar-refractivity contribution >= 4 is 17.5 Å². The van der Waals surface area contributed by atoms with E-state index in [4.69, 9.17) is 4.74 Å². The van der Waals surface area contributed by atoms with Crippen molar-refractivity contribution in [1.82, 2.24) is 0 Å². The lowest BCUT2D eigenvalue weighted by atomic mass is 9.55. The van der Waals surface area contributed by atoms with Crippen molar-refractivity contribution in [3.05, 3.63) is 95.1 Å². The van der Waals surface area contributed by atoms with E-state index in [9.17, 15) is 9.59 Å². The van der Waals surface area contributed by atoms with Gasteiger partial charge in [-0.1, -0.05) is 67.6 Å². The number of para-hydroxylation sites is 2. The Hall–Kier alpha value is -3.40. The fraction of sp³-hybridized carbons (Fsp3) is 0.259. The highest BCUT2D eigenvalue weighted by Gasteiger charge is 2.62. The molecule has 7 rings (SSSR count). The average molecular weight is 409 g/mol. The highest BCUT2D eigenvalue weighted by molar-refractivity contribution is 6.24. The van der Waals surface area contributed by atoms with Gasteiger partial charge in [-0.2, -0.15) is 0 Å². The Morgan fingerprint density at radius 3 is 1.65 bits per heavy atom. The molecule has 0 radical (unpaired) electrons. The van der Waals surface area contributed by atoms with Crippen molar-refractivity contribution in [2.24, 2.45) is 11.8 Å². The van der Waals surface area contributed by atoms with Crippen LogP contribution in [0.25, 0.3) is 0 Å². The number of amides is 2. The molecular weight excluding hydrogens is 386 g/mol. The first-order valence-corrected chi connectivity index (χ1v) is 11.0. The van der Waals surface area contributed by atoms with Crippen molar-refractivity contribution in [3.8, 4) is 5.75 Å². The summed E-state index contributed by atoms with van der Waals surface area (Å²) in [5.41, 5.74) is 5.31. The van der Waals surface area contributed by atoms with Gasteiger partial charge in [-0.15, -0.1) is 0 Å². The van der Waals surface area contributed by atoms with Gasteiger partial charge >= 0.3 is 0 Å². The summed E-state index contributed by atoms with van der Waals surface area (Å²) in [6, 6.07) is 24.0. The second-order valence-electron chi connectivity index (χ2n) is 8.59. The average Bonchev–Trinajstić information content (AvgIpc) is 3.08. The van der Waals surface area contributed by atoms with Crippen LogP contribution in [0, 0.1) is 11.8 Å². The van der Waals surface area contributed by atoms with Gasteiger partial charge in [0.25, 0.3) is 0 Å². The molecule has 0 N–H and O–H groups in total. The Labute approximate surface area is 181 Å². The highest BCUT2D eigenvalue weighted by Crippen LogP contribution is 2.61. The number of imide groups is 1. The molecule has 0 unspecified atom stereocenters. The summed E-state index contributed by atoms with van der Waals surface area (Å²) in [5.74, 6) is -0.557. The van der Waals surface area contributed by atoms with E-state index < -0.39 is 0 Å². The maximum Gasteiger partial charge on any atom is 0.238 e. The Balaban J connectivity index is 1.51. The first-order valence-electron chi connectivity index (χ1n) is 11.0. The van der Waals surface area contributed by atoms with Crippen molar-refractivity contribution < 1.29 is 14.3 Å². The predicted octanol–water partition coefficient (Wildman–Crippen LogP) is 4.87. The summed E-state index contributed by atoms with van der Waals surface area (Å²) in [7, 11) is 0. The fourth-order valence-electron chi connectivity index (χ4n) is 5.89. The number of carbonyl (C=O) groups excluding carboxylic acids is 2. The number of rotatable bonds is 4. The van der Waals surface area contributed by atoms with Crippen molar-refractivity contribution in [2.75, 3.05) is 11.5 Å². The minimum atomic E-state index is -0.374. The molecule has 4 nitrogen and oxygen atoms in total. The van der Waals surface area contributed by atoms with E-state index in [0.717, 1.165) is 6.42 Å². The molecule has 1 fully saturated rings. The zero-order valence-electron chi connectivity index (χ0n) is 17.3. The van der Waals surface area contributed by atoms with Crippen molar-refractivity contribution in [2.45, 2.75) is 25.2 Å². The molecule has 3 aliphatic carbocycles. The van der Waals surface area contributed by atoms with Crippen molar-refractivity contribution in [1.29, 1.82) is 0 Å². The molecule has 154 valence electrons. The van der Waals surface area contributed by atoms with Gasteiger partial charge in [0.15, 0.2) is 0 Å². The van der Waals surface area contributed by atoms with Gasteiger partial charge in [0.2, 0.25) is 11.8 Å². The van der Waals surface area contributed by atoms with E-state index in [0.29, 0.717) is 18.0 Å². The minimum Gasteiger partial charge on any atom is -0.491 e. The number of benzene rings is 3. The van der Waals surface area contributed by atoms with Crippen LogP contribution in [0.5, 0.6) is 5.75 Å². The maximum absolute atomic E-state index is 13.8. The first-order chi connectivity index (χ1) is 15.2. The second-order valence-corrected chi connectivity index (χ2v) is 8.59. The Morgan fingerprint density at radius 1 is 0.710 bits per heavy atom. The molecule has 31 heavy (non-hydrogen) atoms. The molecule has 1 heterocycles. The molecule has 1 aliphatic heterocycles. The van der Waals surface area contributed by atoms with Crippen LogP contribution >= 0.6 is 0 Å². The van der Waals surface area contributed by atoms with Gasteiger partial charge < -0.3 is 4.74 Å². The van der Waals surface area contributed by atoms with Gasteiger partial charge in [0.1, 0.15) is 5.75 Å². The fourth-order valence-corrected chi connectivity index (χ4v) is 5.89. The smallest absolute Gasteiger partial charge is 0.238 e. The van der Waals surface area contributed by atoms with Crippen molar-refractivity contribution in [3.63, 3.8) is 0 Å². The normalized spacial score (nSPS) is 25.3. The molecule has 0 saturated carbocycles. The molecule has 4 aliphatic rings. The number of nitrogens with zero attached hydrogens (tertiary/aromatic N) is 1. The summed E-state index contributed by atoms with van der Waals surface area (Å²) in [6.45, 7) is 2.58. The third-order valence-electron chi connectivity index (χ3n) is 7.02. The first kappa shape index (κ1) is 18.4. The van der Waals surface area contributed by atoms with Gasteiger partial charge in [-0.05, 0) is 40.8 Å². The lowest BCUT2D eigenvalue weighted by molar-refractivity contribution is -0.122. The van der Waals surface area contributed by atoms with Crippen LogP contribution in [0.1, 0.15) is 47.4 Å². The highest BCUT2D eigenvalue weighted by atomic mass is 16.5. The maximum atomic E-state index is 13.8. The second kappa shape index (κ2) is 6.81. The van der Waals surface area contributed by atoms with Crippen LogP contribution in [0.3, 0.4) is 0 Å². The molecule has 1 saturated heterocycles. The molecule has 2 bridgehead atoms. The molecular formula is C27H23NO3. The summed E-state index contributed by atoms with van der Waals surface area (Å²) < 4.78 is 5.90. The quantitative estimate of drug-likeness (QED) is 0.578. The van der Waals surface area contributed by atoms with Gasteiger partial charge in [0, 0.05) is 11.8 Å². The van der Waals surface area contributed by atoms with Crippen LogP contribution in [-0.2, 0) is 9.59 Å². The zero-order valence-corrected chi connectivity index (χ0v) is 17.3. The van der Waals surface area contributed by atoms with E-state index in [1.807, 2.05) is 55.5 Å². The van der Waals surface area contributed by atoms with Crippen LogP contribution in [0.4, 0.5) is 5.69 Å². The summed E-state index contributed by atoms with van der Waals surface area (Å²) >= 11 is 0. The zero-order chi connectivity index (χ0) is 21.1. The molecule has 0 spiro atoms. The summed E-state index contributed by atoms with van der Waals surface area (Å²) in [5, 5.41) is 0. The monoisotopic (exact) mass is 409 g/mol. The molecule has 3 aromatic carbocycles. The van der Waals surface area contributed by atoms with E-state index in [1.54, 1.807) is 0 Å². The molecule has 3 aromatic rings. The number of carbonyl (C=O) groups is 2. The molecule has 0 aromatic heterocycles. The third kappa shape index (κ3) is 2.42. The van der Waals surface area contributed by atoms with E-state index in [1.165, 1.54) is 27.2 Å². The Morgan fingerprint density at radius 2 is 1.16 bits per heavy atom. The van der Waals surface area contributed by atoms with E-state index >= 15 is 0 Å². The molecule has 2 atom stereocenters. The summed E-state index contributed by atoms with van der Waals surface area (Å²) in [6.07, 6.45) is 0.857. The van der Waals surface area contributed by atoms with E-state index in [2.05, 4.69) is 24.3 Å². The molecule has 2 amide bonds.